The van der Waals surface area contributed by atoms with E-state index in [0.29, 0.717) is 0 Å². The summed E-state index contributed by atoms with van der Waals surface area (Å²) in [7, 11) is 0. The SMILES string of the molecule is C=CCN1C=C(C)N(CC=C)C1. The molecule has 12 heavy (non-hydrogen) atoms. The maximum absolute atomic E-state index is 3.72. The van der Waals surface area contributed by atoms with Gasteiger partial charge in [-0.05, 0) is 6.92 Å². The quantitative estimate of drug-likeness (QED) is 0.584. The minimum Gasteiger partial charge on any atom is -0.355 e. The van der Waals surface area contributed by atoms with Crippen LogP contribution in [0.1, 0.15) is 6.92 Å². The van der Waals surface area contributed by atoms with Crippen LogP contribution in [-0.2, 0) is 0 Å². The molecule has 66 valence electrons. The average Bonchev–Trinajstić information content (AvgIpc) is 2.34. The summed E-state index contributed by atoms with van der Waals surface area (Å²) in [6.45, 7) is 12.4. The zero-order chi connectivity index (χ0) is 8.97. The molecule has 1 heterocycles. The zero-order valence-corrected chi connectivity index (χ0v) is 7.66. The highest BCUT2D eigenvalue weighted by molar-refractivity contribution is 5.05. The Morgan fingerprint density at radius 2 is 2.08 bits per heavy atom. The summed E-state index contributed by atoms with van der Waals surface area (Å²) < 4.78 is 0. The fraction of sp³-hybridized carbons (Fsp3) is 0.400. The third-order valence-electron chi connectivity index (χ3n) is 1.93. The van der Waals surface area contributed by atoms with Crippen LogP contribution in [0.2, 0.25) is 0 Å². The van der Waals surface area contributed by atoms with Gasteiger partial charge in [-0.3, -0.25) is 0 Å². The van der Waals surface area contributed by atoms with Crippen LogP contribution in [0.15, 0.2) is 37.2 Å². The van der Waals surface area contributed by atoms with Gasteiger partial charge in [0.25, 0.3) is 0 Å². The maximum Gasteiger partial charge on any atom is 0.0902 e. The van der Waals surface area contributed by atoms with Gasteiger partial charge in [0.05, 0.1) is 6.67 Å². The lowest BCUT2D eigenvalue weighted by molar-refractivity contribution is 0.289. The van der Waals surface area contributed by atoms with E-state index in [4.69, 9.17) is 0 Å². The first-order valence-corrected chi connectivity index (χ1v) is 4.17. The first-order chi connectivity index (χ1) is 5.77. The Bertz CT molecular complexity index is 206. The minimum atomic E-state index is 0.922. The van der Waals surface area contributed by atoms with Gasteiger partial charge in [0.1, 0.15) is 0 Å². The molecule has 0 saturated carbocycles. The molecule has 0 aromatic heterocycles. The van der Waals surface area contributed by atoms with Gasteiger partial charge in [0, 0.05) is 25.0 Å². The van der Waals surface area contributed by atoms with Crippen molar-refractivity contribution in [3.63, 3.8) is 0 Å². The molecule has 0 amide bonds. The Kier molecular flexibility index (Phi) is 2.97. The van der Waals surface area contributed by atoms with E-state index in [1.54, 1.807) is 0 Å². The molecule has 0 radical (unpaired) electrons. The summed E-state index contributed by atoms with van der Waals surface area (Å²) in [5.74, 6) is 0. The van der Waals surface area contributed by atoms with Crippen molar-refractivity contribution in [2.75, 3.05) is 19.8 Å². The molecule has 0 atom stereocenters. The number of nitrogens with zero attached hydrogens (tertiary/aromatic N) is 2. The van der Waals surface area contributed by atoms with Crippen LogP contribution in [0.3, 0.4) is 0 Å². The van der Waals surface area contributed by atoms with Crippen LogP contribution in [0.25, 0.3) is 0 Å². The molecule has 0 aromatic carbocycles. The Morgan fingerprint density at radius 1 is 1.42 bits per heavy atom. The van der Waals surface area contributed by atoms with Crippen LogP contribution >= 0.6 is 0 Å². The molecule has 0 saturated heterocycles. The summed E-state index contributed by atoms with van der Waals surface area (Å²) >= 11 is 0. The molecule has 1 rings (SSSR count). The van der Waals surface area contributed by atoms with Crippen molar-refractivity contribution in [3.05, 3.63) is 37.2 Å². The molecule has 0 unspecified atom stereocenters. The van der Waals surface area contributed by atoms with Gasteiger partial charge in [-0.2, -0.15) is 0 Å². The Hall–Kier alpha value is -1.18. The van der Waals surface area contributed by atoms with Crippen LogP contribution < -0.4 is 0 Å². The highest BCUT2D eigenvalue weighted by Crippen LogP contribution is 2.13. The number of hydrogen-bond donors (Lipinski definition) is 0. The van der Waals surface area contributed by atoms with E-state index in [0.717, 1.165) is 19.8 Å². The third-order valence-corrected chi connectivity index (χ3v) is 1.93. The lowest BCUT2D eigenvalue weighted by Gasteiger charge is -2.20. The molecule has 0 aliphatic carbocycles. The van der Waals surface area contributed by atoms with E-state index >= 15 is 0 Å². The lowest BCUT2D eigenvalue weighted by Crippen LogP contribution is -2.26. The summed E-state index contributed by atoms with van der Waals surface area (Å²) in [5, 5.41) is 0. The van der Waals surface area contributed by atoms with Crippen molar-refractivity contribution >= 4 is 0 Å². The zero-order valence-electron chi connectivity index (χ0n) is 7.66. The second-order valence-corrected chi connectivity index (χ2v) is 2.98. The fourth-order valence-corrected chi connectivity index (χ4v) is 1.35. The molecule has 0 N–H and O–H groups in total. The van der Waals surface area contributed by atoms with Crippen molar-refractivity contribution in [3.8, 4) is 0 Å². The lowest BCUT2D eigenvalue weighted by atomic mass is 10.4. The van der Waals surface area contributed by atoms with Gasteiger partial charge in [-0.25, -0.2) is 0 Å². The van der Waals surface area contributed by atoms with Crippen molar-refractivity contribution in [2.24, 2.45) is 0 Å². The van der Waals surface area contributed by atoms with Crippen LogP contribution in [0, 0.1) is 0 Å². The molecule has 2 heteroatoms. The molecule has 0 fully saturated rings. The Labute approximate surface area is 74.5 Å². The second-order valence-electron chi connectivity index (χ2n) is 2.98. The van der Waals surface area contributed by atoms with Gasteiger partial charge in [0.2, 0.25) is 0 Å². The summed E-state index contributed by atoms with van der Waals surface area (Å²) in [4.78, 5) is 4.50. The van der Waals surface area contributed by atoms with Crippen LogP contribution in [0.4, 0.5) is 0 Å². The predicted molar refractivity (Wildman–Crippen MR) is 52.4 cm³/mol. The molecule has 0 aromatic rings. The molecule has 1 aliphatic heterocycles. The highest BCUT2D eigenvalue weighted by atomic mass is 15.3. The smallest absolute Gasteiger partial charge is 0.0902 e. The summed E-state index contributed by atoms with van der Waals surface area (Å²) in [6.07, 6.45) is 6.00. The fourth-order valence-electron chi connectivity index (χ4n) is 1.35. The van der Waals surface area contributed by atoms with Gasteiger partial charge in [-0.1, -0.05) is 12.2 Å². The van der Waals surface area contributed by atoms with Crippen molar-refractivity contribution in [2.45, 2.75) is 6.92 Å². The Balaban J connectivity index is 2.48. The number of hydrogen-bond acceptors (Lipinski definition) is 2. The van der Waals surface area contributed by atoms with Crippen molar-refractivity contribution in [1.29, 1.82) is 0 Å². The molecule has 1 aliphatic rings. The normalized spacial score (nSPS) is 16.2. The molecule has 2 nitrogen and oxygen atoms in total. The molecule has 0 bridgehead atoms. The number of rotatable bonds is 4. The minimum absolute atomic E-state index is 0.922. The summed E-state index contributed by atoms with van der Waals surface area (Å²) in [6, 6.07) is 0. The molecule has 0 spiro atoms. The van der Waals surface area contributed by atoms with Crippen LogP contribution in [0.5, 0.6) is 0 Å². The van der Waals surface area contributed by atoms with Gasteiger partial charge in [-0.15, -0.1) is 13.2 Å². The van der Waals surface area contributed by atoms with E-state index in [-0.39, 0.29) is 0 Å². The van der Waals surface area contributed by atoms with Crippen LogP contribution in [-0.4, -0.2) is 29.6 Å². The van der Waals surface area contributed by atoms with E-state index in [9.17, 15) is 0 Å². The monoisotopic (exact) mass is 164 g/mol. The number of allylic oxidation sites excluding steroid dienone is 1. The van der Waals surface area contributed by atoms with Gasteiger partial charge in [0.15, 0.2) is 0 Å². The standard InChI is InChI=1S/C10H16N2/c1-4-6-11-8-10(3)12(9-11)7-5-2/h4-5,8H,1-2,6-7,9H2,3H3. The highest BCUT2D eigenvalue weighted by Gasteiger charge is 2.14. The second kappa shape index (κ2) is 4.00. The molecular weight excluding hydrogens is 148 g/mol. The predicted octanol–water partition coefficient (Wildman–Crippen LogP) is 1.79. The summed E-state index contributed by atoms with van der Waals surface area (Å²) in [5.41, 5.74) is 1.30. The van der Waals surface area contributed by atoms with E-state index in [2.05, 4.69) is 36.1 Å². The first-order valence-electron chi connectivity index (χ1n) is 4.17. The topological polar surface area (TPSA) is 6.48 Å². The van der Waals surface area contributed by atoms with Gasteiger partial charge < -0.3 is 9.80 Å². The van der Waals surface area contributed by atoms with Gasteiger partial charge >= 0.3 is 0 Å². The maximum atomic E-state index is 3.72. The first kappa shape index (κ1) is 8.91. The molecular formula is C10H16N2. The average molecular weight is 164 g/mol. The van der Waals surface area contributed by atoms with E-state index < -0.39 is 0 Å². The van der Waals surface area contributed by atoms with Crippen molar-refractivity contribution < 1.29 is 0 Å². The Morgan fingerprint density at radius 3 is 2.67 bits per heavy atom. The van der Waals surface area contributed by atoms with E-state index in [1.807, 2.05) is 12.2 Å². The van der Waals surface area contributed by atoms with Crippen molar-refractivity contribution in [1.82, 2.24) is 9.80 Å². The van der Waals surface area contributed by atoms with E-state index in [1.165, 1.54) is 5.70 Å². The third kappa shape index (κ3) is 1.91. The largest absolute Gasteiger partial charge is 0.355 e.